The summed E-state index contributed by atoms with van der Waals surface area (Å²) in [6, 6.07) is 42.5. The highest BCUT2D eigenvalue weighted by Crippen LogP contribution is 2.44. The topological polar surface area (TPSA) is 51.8 Å². The van der Waals surface area contributed by atoms with E-state index in [4.69, 9.17) is 26.2 Å². The van der Waals surface area contributed by atoms with E-state index in [1.165, 1.54) is 0 Å². The Morgan fingerprint density at radius 3 is 1.74 bits per heavy atom. The average molecular weight is 663 g/mol. The Balaban J connectivity index is 1.12. The molecule has 10 rings (SSSR count). The van der Waals surface area contributed by atoms with Crippen LogP contribution in [0.25, 0.3) is 98.5 Å². The summed E-state index contributed by atoms with van der Waals surface area (Å²) >= 11 is 1.56. The van der Waals surface area contributed by atoms with Crippen LogP contribution in [0.1, 0.15) is 6.85 Å². The van der Waals surface area contributed by atoms with Crippen LogP contribution < -0.4 is 0 Å². The molecular formula is C45H27N3OS. The first-order valence-corrected chi connectivity index (χ1v) is 17.0. The van der Waals surface area contributed by atoms with Gasteiger partial charge in [-0.15, -0.1) is 11.3 Å². The summed E-state index contributed by atoms with van der Waals surface area (Å²) in [6.45, 7) is 0. The van der Waals surface area contributed by atoms with Crippen molar-refractivity contribution in [3.63, 3.8) is 0 Å². The van der Waals surface area contributed by atoms with Crippen molar-refractivity contribution in [2.24, 2.45) is 0 Å². The van der Waals surface area contributed by atoms with Crippen LogP contribution in [-0.2, 0) is 0 Å². The van der Waals surface area contributed by atoms with Crippen LogP contribution >= 0.6 is 11.3 Å². The molecule has 7 aromatic carbocycles. The van der Waals surface area contributed by atoms with E-state index in [1.807, 2.05) is 97.1 Å². The highest BCUT2D eigenvalue weighted by atomic mass is 32.1. The monoisotopic (exact) mass is 662 g/mol. The summed E-state index contributed by atoms with van der Waals surface area (Å²) in [4.78, 5) is 15.0. The molecule has 0 amide bonds. The number of furan rings is 1. The minimum atomic E-state index is -0.405. The molecule has 10 aromatic rings. The number of hydrogen-bond acceptors (Lipinski definition) is 5. The van der Waals surface area contributed by atoms with Crippen LogP contribution in [0.15, 0.2) is 168 Å². The largest absolute Gasteiger partial charge is 0.456 e. The van der Waals surface area contributed by atoms with Crippen molar-refractivity contribution < 1.29 is 11.3 Å². The van der Waals surface area contributed by atoms with Crippen LogP contribution in [0, 0.1) is 0 Å². The van der Waals surface area contributed by atoms with Crippen LogP contribution in [0.3, 0.4) is 0 Å². The van der Waals surface area contributed by atoms with Crippen LogP contribution in [0.5, 0.6) is 0 Å². The lowest BCUT2D eigenvalue weighted by molar-refractivity contribution is 0.669. The van der Waals surface area contributed by atoms with Crippen LogP contribution in [0.4, 0.5) is 0 Å². The van der Waals surface area contributed by atoms with Crippen molar-refractivity contribution in [3.05, 3.63) is 164 Å². The Hall–Kier alpha value is -6.43. The smallest absolute Gasteiger partial charge is 0.164 e. The van der Waals surface area contributed by atoms with E-state index in [0.29, 0.717) is 23.0 Å². The second-order valence-corrected chi connectivity index (χ2v) is 13.0. The molecule has 50 heavy (non-hydrogen) atoms. The number of rotatable bonds is 5. The second kappa shape index (κ2) is 11.6. The minimum absolute atomic E-state index is 0.200. The highest BCUT2D eigenvalue weighted by Gasteiger charge is 2.17. The lowest BCUT2D eigenvalue weighted by Crippen LogP contribution is -2.00. The Morgan fingerprint density at radius 2 is 0.980 bits per heavy atom. The van der Waals surface area contributed by atoms with E-state index >= 15 is 0 Å². The quantitative estimate of drug-likeness (QED) is 0.184. The van der Waals surface area contributed by atoms with Gasteiger partial charge < -0.3 is 4.42 Å². The number of hydrogen-bond donors (Lipinski definition) is 0. The van der Waals surface area contributed by atoms with Gasteiger partial charge in [0, 0.05) is 47.6 Å². The van der Waals surface area contributed by atoms with E-state index < -0.39 is 6.04 Å². The zero-order chi connectivity index (χ0) is 37.4. The first-order chi connectivity index (χ1) is 26.8. The molecule has 0 aliphatic rings. The summed E-state index contributed by atoms with van der Waals surface area (Å²) in [5, 5.41) is 4.06. The molecule has 0 fully saturated rings. The van der Waals surface area contributed by atoms with Gasteiger partial charge in [-0.1, -0.05) is 139 Å². The Bertz CT molecular complexity index is 3150. The van der Waals surface area contributed by atoms with Gasteiger partial charge in [0.05, 0.1) is 6.85 Å². The zero-order valence-corrected chi connectivity index (χ0v) is 27.2. The molecule has 4 nitrogen and oxygen atoms in total. The van der Waals surface area contributed by atoms with Crippen molar-refractivity contribution in [2.45, 2.75) is 0 Å². The van der Waals surface area contributed by atoms with Gasteiger partial charge in [0.15, 0.2) is 17.5 Å². The third kappa shape index (κ3) is 4.79. The van der Waals surface area contributed by atoms with Crippen molar-refractivity contribution in [1.82, 2.24) is 15.0 Å². The maximum absolute atomic E-state index is 8.67. The molecule has 0 N–H and O–H groups in total. The lowest BCUT2D eigenvalue weighted by atomic mass is 9.99. The summed E-state index contributed by atoms with van der Waals surface area (Å²) < 4.78 is 50.1. The number of fused-ring (bicyclic) bond motifs is 6. The lowest BCUT2D eigenvalue weighted by Gasteiger charge is -2.10. The molecule has 0 saturated heterocycles. The summed E-state index contributed by atoms with van der Waals surface area (Å²) in [5.74, 6) is 1.62. The maximum atomic E-state index is 8.67. The van der Waals surface area contributed by atoms with E-state index in [1.54, 1.807) is 11.3 Å². The van der Waals surface area contributed by atoms with E-state index in [9.17, 15) is 0 Å². The van der Waals surface area contributed by atoms with Crippen molar-refractivity contribution >= 4 is 53.4 Å². The molecule has 3 heterocycles. The molecule has 0 atom stereocenters. The molecule has 0 unspecified atom stereocenters. The van der Waals surface area contributed by atoms with E-state index in [0.717, 1.165) is 69.9 Å². The fraction of sp³-hybridized carbons (Fsp3) is 0. The standard InChI is InChI=1S/C45H27N3OS/c1-3-12-28(13-4-1)33-19-10-21-37-38-22-11-20-34(42(38)50-41(33)37)30-16-9-17-31(26-30)44-46-43(29-14-5-2-6-15-29)47-45(48-44)32-24-25-36-35-18-7-8-23-39(35)49-40(36)27-32/h1-27H/i1D,3D,4D,12D,13D. The first kappa shape index (κ1) is 23.8. The van der Waals surface area contributed by atoms with Crippen molar-refractivity contribution in [3.8, 4) is 56.4 Å². The van der Waals surface area contributed by atoms with E-state index in [-0.39, 0.29) is 29.7 Å². The Morgan fingerprint density at radius 1 is 0.420 bits per heavy atom. The first-order valence-electron chi connectivity index (χ1n) is 18.7. The Labute approximate surface area is 299 Å². The molecule has 0 bridgehead atoms. The number of benzene rings is 7. The normalized spacial score (nSPS) is 13.0. The summed E-state index contributed by atoms with van der Waals surface area (Å²) in [6.07, 6.45) is 0. The molecule has 3 aromatic heterocycles. The predicted molar refractivity (Wildman–Crippen MR) is 207 cm³/mol. The van der Waals surface area contributed by atoms with Crippen LogP contribution in [0.2, 0.25) is 0 Å². The summed E-state index contributed by atoms with van der Waals surface area (Å²) in [5.41, 5.74) is 6.87. The predicted octanol–water partition coefficient (Wildman–Crippen LogP) is 12.5. The molecule has 0 saturated carbocycles. The van der Waals surface area contributed by atoms with Gasteiger partial charge in [0.1, 0.15) is 11.2 Å². The van der Waals surface area contributed by atoms with Gasteiger partial charge in [-0.05, 0) is 46.5 Å². The number of aromatic nitrogens is 3. The van der Waals surface area contributed by atoms with Gasteiger partial charge in [-0.2, -0.15) is 0 Å². The third-order valence-corrected chi connectivity index (χ3v) is 10.3. The number of para-hydroxylation sites is 1. The fourth-order valence-corrected chi connectivity index (χ4v) is 8.03. The SMILES string of the molecule is [2H]c1c([2H])c([2H])c(-c2cccc3c2sc2c(-c4cccc(-c5nc(-c6ccccc6)nc(-c6ccc7c(c6)oc6ccccc67)n5)c4)cccc23)c([2H])c1[2H]. The van der Waals surface area contributed by atoms with Gasteiger partial charge in [-0.3, -0.25) is 0 Å². The third-order valence-electron chi connectivity index (χ3n) is 9.03. The molecule has 5 heteroatoms. The molecule has 0 radical (unpaired) electrons. The van der Waals surface area contributed by atoms with Crippen LogP contribution in [-0.4, -0.2) is 15.0 Å². The summed E-state index contributed by atoms with van der Waals surface area (Å²) in [7, 11) is 0. The number of nitrogens with zero attached hydrogens (tertiary/aromatic N) is 3. The van der Waals surface area contributed by atoms with Gasteiger partial charge in [-0.25, -0.2) is 15.0 Å². The Kier molecular flexibility index (Phi) is 5.54. The second-order valence-electron chi connectivity index (χ2n) is 12.0. The van der Waals surface area contributed by atoms with Gasteiger partial charge >= 0.3 is 0 Å². The van der Waals surface area contributed by atoms with Crippen molar-refractivity contribution in [2.75, 3.05) is 0 Å². The zero-order valence-electron chi connectivity index (χ0n) is 31.4. The minimum Gasteiger partial charge on any atom is -0.456 e. The maximum Gasteiger partial charge on any atom is 0.164 e. The van der Waals surface area contributed by atoms with Crippen molar-refractivity contribution in [1.29, 1.82) is 0 Å². The van der Waals surface area contributed by atoms with Gasteiger partial charge in [0.25, 0.3) is 0 Å². The molecule has 0 spiro atoms. The highest BCUT2D eigenvalue weighted by molar-refractivity contribution is 7.26. The number of thiophene rings is 1. The average Bonchev–Trinajstić information content (AvgIpc) is 3.81. The molecule has 0 aliphatic carbocycles. The van der Waals surface area contributed by atoms with E-state index in [2.05, 4.69) is 36.4 Å². The molecular weight excluding hydrogens is 631 g/mol. The fourth-order valence-electron chi connectivity index (χ4n) is 6.67. The molecule has 0 aliphatic heterocycles. The molecule has 234 valence electrons. The van der Waals surface area contributed by atoms with Gasteiger partial charge in [0.2, 0.25) is 0 Å².